The smallest absolute Gasteiger partial charge is 0.313 e. The van der Waals surface area contributed by atoms with Crippen LogP contribution in [0.2, 0.25) is 5.02 Å². The lowest BCUT2D eigenvalue weighted by Crippen LogP contribution is -2.44. The minimum Gasteiger partial charge on any atom is -0.333 e. The number of halogens is 1. The molecule has 1 saturated heterocycles. The fraction of sp³-hybridized carbons (Fsp3) is 0.467. The Morgan fingerprint density at radius 3 is 2.48 bits per heavy atom. The summed E-state index contributed by atoms with van der Waals surface area (Å²) in [7, 11) is -1.68. The molecular weight excluding hydrogens is 340 g/mol. The molecule has 1 N–H and O–H groups in total. The van der Waals surface area contributed by atoms with Crippen molar-refractivity contribution in [3.8, 4) is 0 Å². The van der Waals surface area contributed by atoms with Crippen LogP contribution in [0.5, 0.6) is 0 Å². The van der Waals surface area contributed by atoms with Crippen LogP contribution in [0.15, 0.2) is 12.1 Å². The molecule has 0 aromatic heterocycles. The number of hydrogen-bond acceptors (Lipinski definition) is 4. The summed E-state index contributed by atoms with van der Waals surface area (Å²) in [5.41, 5.74) is 2.09. The Morgan fingerprint density at radius 1 is 1.30 bits per heavy atom. The van der Waals surface area contributed by atoms with E-state index in [1.807, 2.05) is 13.0 Å². The number of carbonyl (C=O) groups excluding carboxylic acids is 2. The first-order valence-electron chi connectivity index (χ1n) is 7.16. The highest BCUT2D eigenvalue weighted by molar-refractivity contribution is 7.91. The topological polar surface area (TPSA) is 83.6 Å². The van der Waals surface area contributed by atoms with Crippen molar-refractivity contribution in [1.82, 2.24) is 4.90 Å². The zero-order valence-corrected chi connectivity index (χ0v) is 14.8. The van der Waals surface area contributed by atoms with E-state index in [-0.39, 0.29) is 11.5 Å². The van der Waals surface area contributed by atoms with Crippen LogP contribution < -0.4 is 5.32 Å². The van der Waals surface area contributed by atoms with Gasteiger partial charge >= 0.3 is 11.8 Å². The molecule has 1 heterocycles. The Balaban J connectivity index is 2.10. The highest BCUT2D eigenvalue weighted by Gasteiger charge is 2.34. The Hall–Kier alpha value is -1.60. The summed E-state index contributed by atoms with van der Waals surface area (Å²) in [6.07, 6.45) is 0.349. The number of nitrogens with zero attached hydrogens (tertiary/aromatic N) is 1. The highest BCUT2D eigenvalue weighted by Crippen LogP contribution is 2.27. The van der Waals surface area contributed by atoms with E-state index >= 15 is 0 Å². The van der Waals surface area contributed by atoms with Gasteiger partial charge in [0, 0.05) is 13.1 Å². The van der Waals surface area contributed by atoms with Crippen molar-refractivity contribution in [1.29, 1.82) is 0 Å². The summed E-state index contributed by atoms with van der Waals surface area (Å²) in [6.45, 7) is 3.66. The first-order valence-corrected chi connectivity index (χ1v) is 9.36. The van der Waals surface area contributed by atoms with Gasteiger partial charge in [-0.1, -0.05) is 17.7 Å². The second-order valence-corrected chi connectivity index (χ2v) is 8.50. The maximum Gasteiger partial charge on any atom is 0.313 e. The number of hydrogen-bond donors (Lipinski definition) is 1. The van der Waals surface area contributed by atoms with Crippen molar-refractivity contribution in [3.63, 3.8) is 0 Å². The maximum atomic E-state index is 12.2. The van der Waals surface area contributed by atoms with E-state index in [2.05, 4.69) is 5.32 Å². The summed E-state index contributed by atoms with van der Waals surface area (Å²) >= 11 is 6.11. The molecule has 1 aliphatic heterocycles. The predicted octanol–water partition coefficient (Wildman–Crippen LogP) is 1.54. The van der Waals surface area contributed by atoms with Crippen LogP contribution in [-0.4, -0.2) is 49.7 Å². The van der Waals surface area contributed by atoms with Crippen LogP contribution in [0.3, 0.4) is 0 Å². The average molecular weight is 359 g/mol. The van der Waals surface area contributed by atoms with Crippen molar-refractivity contribution in [2.45, 2.75) is 26.3 Å². The van der Waals surface area contributed by atoms with Gasteiger partial charge in [0.05, 0.1) is 22.2 Å². The van der Waals surface area contributed by atoms with Gasteiger partial charge in [0.1, 0.15) is 0 Å². The molecule has 1 aromatic rings. The summed E-state index contributed by atoms with van der Waals surface area (Å²) < 4.78 is 23.0. The third kappa shape index (κ3) is 4.03. The van der Waals surface area contributed by atoms with E-state index in [9.17, 15) is 18.0 Å². The average Bonchev–Trinajstić information content (AvgIpc) is 2.81. The normalized spacial score (nSPS) is 19.4. The Kier molecular flexibility index (Phi) is 5.01. The lowest BCUT2D eigenvalue weighted by molar-refractivity contribution is -0.143. The molecule has 1 unspecified atom stereocenters. The molecule has 1 fully saturated rings. The number of carbonyl (C=O) groups is 2. The van der Waals surface area contributed by atoms with Crippen molar-refractivity contribution in [2.24, 2.45) is 0 Å². The number of nitrogens with one attached hydrogen (secondary N) is 1. The Morgan fingerprint density at radius 2 is 1.96 bits per heavy atom. The number of aryl methyl sites for hydroxylation is 2. The van der Waals surface area contributed by atoms with Crippen LogP contribution in [0.1, 0.15) is 17.5 Å². The van der Waals surface area contributed by atoms with Gasteiger partial charge in [0.15, 0.2) is 9.84 Å². The van der Waals surface area contributed by atoms with Gasteiger partial charge in [-0.25, -0.2) is 8.42 Å². The molecule has 6 nitrogen and oxygen atoms in total. The summed E-state index contributed by atoms with van der Waals surface area (Å²) in [5, 5.41) is 2.88. The first kappa shape index (κ1) is 17.7. The van der Waals surface area contributed by atoms with Gasteiger partial charge < -0.3 is 10.2 Å². The SMILES string of the molecule is Cc1cc(C)c(NC(=O)C(=O)N(C)C2CCS(=O)(=O)C2)c(Cl)c1. The third-order valence-corrected chi connectivity index (χ3v) is 5.99. The maximum absolute atomic E-state index is 12.2. The summed E-state index contributed by atoms with van der Waals surface area (Å²) in [6, 6.07) is 3.08. The molecule has 2 amide bonds. The van der Waals surface area contributed by atoms with Crippen molar-refractivity contribution in [2.75, 3.05) is 23.9 Å². The first-order chi connectivity index (χ1) is 10.6. The van der Waals surface area contributed by atoms with Crippen LogP contribution in [-0.2, 0) is 19.4 Å². The van der Waals surface area contributed by atoms with E-state index in [0.29, 0.717) is 17.1 Å². The molecule has 126 valence electrons. The van der Waals surface area contributed by atoms with Gasteiger partial charge in [-0.05, 0) is 37.5 Å². The second kappa shape index (κ2) is 6.49. The summed E-state index contributed by atoms with van der Waals surface area (Å²) in [5.74, 6) is -1.67. The fourth-order valence-electron chi connectivity index (χ4n) is 2.65. The van der Waals surface area contributed by atoms with Gasteiger partial charge in [-0.3, -0.25) is 9.59 Å². The predicted molar refractivity (Wildman–Crippen MR) is 89.4 cm³/mol. The van der Waals surface area contributed by atoms with Crippen LogP contribution in [0, 0.1) is 13.8 Å². The molecule has 0 radical (unpaired) electrons. The molecule has 1 aliphatic rings. The molecule has 1 atom stereocenters. The number of rotatable bonds is 2. The van der Waals surface area contributed by atoms with Gasteiger partial charge in [-0.15, -0.1) is 0 Å². The molecule has 8 heteroatoms. The van der Waals surface area contributed by atoms with Crippen LogP contribution in [0.25, 0.3) is 0 Å². The highest BCUT2D eigenvalue weighted by atomic mass is 35.5. The zero-order valence-electron chi connectivity index (χ0n) is 13.2. The van der Waals surface area contributed by atoms with E-state index in [1.165, 1.54) is 11.9 Å². The molecule has 0 aliphatic carbocycles. The molecule has 1 aromatic carbocycles. The van der Waals surface area contributed by atoms with Gasteiger partial charge in [-0.2, -0.15) is 0 Å². The molecule has 2 rings (SSSR count). The molecule has 0 saturated carbocycles. The van der Waals surface area contributed by atoms with Crippen molar-refractivity contribution < 1.29 is 18.0 Å². The lowest BCUT2D eigenvalue weighted by Gasteiger charge is -2.23. The number of amides is 2. The van der Waals surface area contributed by atoms with Crippen molar-refractivity contribution in [3.05, 3.63) is 28.3 Å². The molecule has 0 bridgehead atoms. The number of anilines is 1. The minimum absolute atomic E-state index is 0.0415. The standard InChI is InChI=1S/C15H19ClN2O4S/c1-9-6-10(2)13(12(16)7-9)17-14(19)15(20)18(3)11-4-5-23(21,22)8-11/h6-7,11H,4-5,8H2,1-3H3,(H,17,19). The van der Waals surface area contributed by atoms with E-state index < -0.39 is 27.7 Å². The zero-order chi connectivity index (χ0) is 17.4. The van der Waals surface area contributed by atoms with E-state index in [0.717, 1.165) is 11.1 Å². The van der Waals surface area contributed by atoms with E-state index in [4.69, 9.17) is 11.6 Å². The number of likely N-dealkylation sites (N-methyl/N-ethyl adjacent to an activating group) is 1. The quantitative estimate of drug-likeness (QED) is 0.813. The number of benzene rings is 1. The van der Waals surface area contributed by atoms with Crippen LogP contribution >= 0.6 is 11.6 Å². The second-order valence-electron chi connectivity index (χ2n) is 5.87. The monoisotopic (exact) mass is 358 g/mol. The lowest BCUT2D eigenvalue weighted by atomic mass is 10.1. The van der Waals surface area contributed by atoms with E-state index in [1.54, 1.807) is 13.0 Å². The minimum atomic E-state index is -3.12. The van der Waals surface area contributed by atoms with Crippen molar-refractivity contribution >= 4 is 38.9 Å². The fourth-order valence-corrected chi connectivity index (χ4v) is 4.79. The molecular formula is C15H19ClN2O4S. The number of sulfone groups is 1. The molecule has 23 heavy (non-hydrogen) atoms. The van der Waals surface area contributed by atoms with Gasteiger partial charge in [0.25, 0.3) is 0 Å². The van der Waals surface area contributed by atoms with Gasteiger partial charge in [0.2, 0.25) is 0 Å². The Labute approximate surface area is 140 Å². The Bertz CT molecular complexity index is 738. The third-order valence-electron chi connectivity index (χ3n) is 3.94. The summed E-state index contributed by atoms with van der Waals surface area (Å²) in [4.78, 5) is 25.6. The van der Waals surface area contributed by atoms with Crippen LogP contribution in [0.4, 0.5) is 5.69 Å². The molecule has 0 spiro atoms. The largest absolute Gasteiger partial charge is 0.333 e.